The first kappa shape index (κ1) is 31.1. The van der Waals surface area contributed by atoms with Gasteiger partial charge in [0.2, 0.25) is 11.6 Å². The van der Waals surface area contributed by atoms with Gasteiger partial charge in [0.05, 0.1) is 12.7 Å². The predicted octanol–water partition coefficient (Wildman–Crippen LogP) is 2.57. The number of aliphatic hydroxyl groups is 1. The largest absolute Gasteiger partial charge is 0.462 e. The van der Waals surface area contributed by atoms with Crippen molar-refractivity contribution in [3.8, 4) is 17.6 Å². The number of carbonyl (C=O) groups is 1. The van der Waals surface area contributed by atoms with Crippen LogP contribution < -0.4 is 20.9 Å². The molecule has 0 aliphatic carbocycles. The molecule has 1 aromatic carbocycles. The van der Waals surface area contributed by atoms with Crippen LogP contribution in [0, 0.1) is 17.7 Å². The summed E-state index contributed by atoms with van der Waals surface area (Å²) in [6.07, 6.45) is -5.09. The lowest BCUT2D eigenvalue weighted by molar-refractivity contribution is -0.149. The second-order valence-corrected chi connectivity index (χ2v) is 11.4. The highest BCUT2D eigenvalue weighted by Gasteiger charge is 2.58. The Hall–Kier alpha value is -3.80. The van der Waals surface area contributed by atoms with Crippen LogP contribution in [0.3, 0.4) is 0 Å². The van der Waals surface area contributed by atoms with Crippen LogP contribution in [0.2, 0.25) is 0 Å². The van der Waals surface area contributed by atoms with Crippen molar-refractivity contribution in [3.05, 3.63) is 52.7 Å². The maximum Gasteiger partial charge on any atom is 0.459 e. The van der Waals surface area contributed by atoms with Crippen LogP contribution in [-0.2, 0) is 23.4 Å². The van der Waals surface area contributed by atoms with Gasteiger partial charge in [-0.3, -0.25) is 23.7 Å². The van der Waals surface area contributed by atoms with Crippen molar-refractivity contribution in [1.29, 1.82) is 0 Å². The molecule has 0 bridgehead atoms. The van der Waals surface area contributed by atoms with E-state index in [4.69, 9.17) is 24.3 Å². The van der Waals surface area contributed by atoms with Gasteiger partial charge >= 0.3 is 13.7 Å². The number of benzene rings is 1. The number of nitrogens with one attached hydrogen (secondary N) is 2. The SMILES string of the molecule is CC#C[C@]1(F)C(n2cc(F)c3c(=O)[nH]c(N)nc32)OC(COP(=O)(NC(C)C(=O)OC(C)C)Oc2ccccc2)[C@@H]1O. The number of nitrogen functional groups attached to an aromatic ring is 1. The minimum Gasteiger partial charge on any atom is -0.462 e. The third-order valence-corrected chi connectivity index (χ3v) is 7.75. The number of H-pyrrole nitrogens is 1. The maximum absolute atomic E-state index is 16.4. The predicted molar refractivity (Wildman–Crippen MR) is 146 cm³/mol. The number of aromatic nitrogens is 3. The molecule has 0 spiro atoms. The van der Waals surface area contributed by atoms with Crippen molar-refractivity contribution < 1.29 is 41.8 Å². The topological polar surface area (TPSA) is 180 Å². The van der Waals surface area contributed by atoms with Gasteiger partial charge in [-0.1, -0.05) is 24.1 Å². The number of nitrogens with two attached hydrogens (primary N) is 1. The molecular weight excluding hydrogens is 579 g/mol. The van der Waals surface area contributed by atoms with Crippen molar-refractivity contribution in [3.63, 3.8) is 0 Å². The van der Waals surface area contributed by atoms with Crippen LogP contribution >= 0.6 is 7.75 Å². The number of aliphatic hydroxyl groups excluding tert-OH is 1. The number of fused-ring (bicyclic) bond motifs is 1. The Kier molecular flexibility index (Phi) is 9.05. The fourth-order valence-electron chi connectivity index (χ4n) is 4.29. The van der Waals surface area contributed by atoms with Crippen molar-refractivity contribution in [2.24, 2.45) is 0 Å². The van der Waals surface area contributed by atoms with Crippen LogP contribution in [0.25, 0.3) is 11.0 Å². The number of hydrogen-bond acceptors (Lipinski definition) is 10. The molecule has 42 heavy (non-hydrogen) atoms. The number of para-hydroxylation sites is 1. The molecule has 2 aromatic heterocycles. The van der Waals surface area contributed by atoms with Crippen LogP contribution in [-0.4, -0.2) is 62.2 Å². The Morgan fingerprint density at radius 2 is 2.05 bits per heavy atom. The molecule has 0 radical (unpaired) electrons. The van der Waals surface area contributed by atoms with Crippen molar-refractivity contribution in [2.75, 3.05) is 12.3 Å². The molecule has 1 saturated heterocycles. The Balaban J connectivity index is 1.64. The van der Waals surface area contributed by atoms with Crippen molar-refractivity contribution in [1.82, 2.24) is 19.6 Å². The molecule has 0 amide bonds. The van der Waals surface area contributed by atoms with Gasteiger partial charge in [-0.15, -0.1) is 5.92 Å². The zero-order chi connectivity index (χ0) is 30.8. The van der Waals surface area contributed by atoms with E-state index in [0.29, 0.717) is 0 Å². The van der Waals surface area contributed by atoms with Gasteiger partial charge in [-0.2, -0.15) is 10.1 Å². The molecule has 0 saturated carbocycles. The lowest BCUT2D eigenvalue weighted by atomic mass is 9.96. The average molecular weight is 610 g/mol. The lowest BCUT2D eigenvalue weighted by Gasteiger charge is -2.25. The Bertz CT molecular complexity index is 1620. The minimum atomic E-state index is -4.41. The first-order valence-electron chi connectivity index (χ1n) is 12.8. The van der Waals surface area contributed by atoms with E-state index in [-0.39, 0.29) is 17.3 Å². The Labute approximate surface area is 238 Å². The van der Waals surface area contributed by atoms with E-state index in [1.54, 1.807) is 32.0 Å². The molecule has 3 heterocycles. The summed E-state index contributed by atoms with van der Waals surface area (Å²) in [6, 6.07) is 6.72. The summed E-state index contributed by atoms with van der Waals surface area (Å²) in [5.74, 6) is 2.57. The lowest BCUT2D eigenvalue weighted by Crippen LogP contribution is -2.42. The maximum atomic E-state index is 16.4. The van der Waals surface area contributed by atoms with E-state index in [1.807, 2.05) is 0 Å². The molecule has 1 aliphatic rings. The molecule has 13 nitrogen and oxygen atoms in total. The summed E-state index contributed by atoms with van der Waals surface area (Å²) >= 11 is 0. The number of aromatic amines is 1. The summed E-state index contributed by atoms with van der Waals surface area (Å²) in [7, 11) is -4.41. The zero-order valence-corrected chi connectivity index (χ0v) is 23.9. The van der Waals surface area contributed by atoms with Crippen molar-refractivity contribution in [2.45, 2.75) is 63.9 Å². The molecular formula is C26H30F2N5O8P. The molecule has 5 N–H and O–H groups in total. The van der Waals surface area contributed by atoms with E-state index in [9.17, 15) is 23.7 Å². The summed E-state index contributed by atoms with van der Waals surface area (Å²) in [4.78, 5) is 30.7. The normalized spacial score (nSPS) is 24.1. The fraction of sp³-hybridized carbons (Fsp3) is 0.423. The highest BCUT2D eigenvalue weighted by molar-refractivity contribution is 7.52. The Morgan fingerprint density at radius 1 is 1.36 bits per heavy atom. The third-order valence-electron chi connectivity index (χ3n) is 6.10. The highest BCUT2D eigenvalue weighted by atomic mass is 31.2. The first-order valence-corrected chi connectivity index (χ1v) is 14.3. The second-order valence-electron chi connectivity index (χ2n) is 9.68. The number of halogens is 2. The molecule has 3 aromatic rings. The monoisotopic (exact) mass is 609 g/mol. The fourth-order valence-corrected chi connectivity index (χ4v) is 5.80. The van der Waals surface area contributed by atoms with E-state index in [2.05, 4.69) is 26.9 Å². The number of alkyl halides is 1. The van der Waals surface area contributed by atoms with Crippen LogP contribution in [0.15, 0.2) is 41.3 Å². The number of hydrogen-bond donors (Lipinski definition) is 4. The molecule has 6 atom stereocenters. The summed E-state index contributed by atoms with van der Waals surface area (Å²) in [5.41, 5.74) is 1.48. The number of nitrogens with zero attached hydrogens (tertiary/aromatic N) is 2. The summed E-state index contributed by atoms with van der Waals surface area (Å²) < 4.78 is 67.7. The van der Waals surface area contributed by atoms with Crippen molar-refractivity contribution >= 4 is 30.7 Å². The molecule has 1 aliphatic heterocycles. The highest BCUT2D eigenvalue weighted by Crippen LogP contribution is 2.48. The van der Waals surface area contributed by atoms with Gasteiger partial charge in [0.15, 0.2) is 17.7 Å². The van der Waals surface area contributed by atoms with E-state index in [1.165, 1.54) is 26.0 Å². The molecule has 4 unspecified atom stereocenters. The van der Waals surface area contributed by atoms with E-state index in [0.717, 1.165) is 10.8 Å². The zero-order valence-electron chi connectivity index (χ0n) is 23.0. The van der Waals surface area contributed by atoms with E-state index < -0.39 is 73.3 Å². The van der Waals surface area contributed by atoms with Gasteiger partial charge in [0, 0.05) is 6.20 Å². The van der Waals surface area contributed by atoms with Crippen LogP contribution in [0.5, 0.6) is 5.75 Å². The van der Waals surface area contributed by atoms with Gasteiger partial charge < -0.3 is 24.8 Å². The first-order chi connectivity index (χ1) is 19.8. The van der Waals surface area contributed by atoms with Crippen LogP contribution in [0.1, 0.15) is 33.9 Å². The average Bonchev–Trinajstić information content (AvgIpc) is 3.36. The number of esters is 1. The van der Waals surface area contributed by atoms with Gasteiger partial charge in [-0.25, -0.2) is 13.3 Å². The minimum absolute atomic E-state index is 0.114. The van der Waals surface area contributed by atoms with E-state index >= 15 is 4.39 Å². The quantitative estimate of drug-likeness (QED) is 0.151. The number of anilines is 1. The third kappa shape index (κ3) is 6.33. The summed E-state index contributed by atoms with van der Waals surface area (Å²) in [6.45, 7) is 5.22. The van der Waals surface area contributed by atoms with Gasteiger partial charge in [0.25, 0.3) is 5.56 Å². The standard InChI is InChI=1S/C26H30F2N5O8P/c1-5-11-26(28)20(34)18(40-24(26)33-12-17(27)19-21(33)30-25(29)31-22(19)35)13-38-42(37,41-16-9-7-6-8-10-16)32-15(4)23(36)39-14(2)3/h6-10,12,14-15,18,20,24,34H,13H2,1-4H3,(H,32,37)(H3,29,30,31,35)/t15?,18?,20-,24?,26+,42?/m0/s1. The summed E-state index contributed by atoms with van der Waals surface area (Å²) in [5, 5.41) is 12.9. The molecule has 226 valence electrons. The van der Waals surface area contributed by atoms with Gasteiger partial charge in [-0.05, 0) is 39.8 Å². The molecule has 1 fully saturated rings. The molecule has 16 heteroatoms. The number of carbonyl (C=O) groups excluding carboxylic acids is 1. The number of ether oxygens (including phenoxy) is 2. The number of rotatable bonds is 10. The molecule has 4 rings (SSSR count). The smallest absolute Gasteiger partial charge is 0.459 e. The van der Waals surface area contributed by atoms with Crippen LogP contribution in [0.4, 0.5) is 14.7 Å². The van der Waals surface area contributed by atoms with Gasteiger partial charge in [0.1, 0.15) is 29.4 Å². The Morgan fingerprint density at radius 3 is 2.69 bits per heavy atom. The second kappa shape index (κ2) is 12.2.